The van der Waals surface area contributed by atoms with Crippen LogP contribution in [-0.4, -0.2) is 32.7 Å². The molecule has 0 aromatic carbocycles. The molecule has 0 fully saturated rings. The van der Waals surface area contributed by atoms with Crippen LogP contribution in [0.25, 0.3) is 0 Å². The summed E-state index contributed by atoms with van der Waals surface area (Å²) in [7, 11) is -4.21. The Kier molecular flexibility index (Phi) is 8.59. The van der Waals surface area contributed by atoms with Gasteiger partial charge in [-0.3, -0.25) is 0 Å². The van der Waals surface area contributed by atoms with Crippen LogP contribution in [0.15, 0.2) is 0 Å². The Morgan fingerprint density at radius 3 is 2.10 bits per heavy atom. The SMILES string of the molecule is NC(=O)C[Se]S(=O)(=O)[O-].[K+]. The van der Waals surface area contributed by atoms with E-state index in [9.17, 15) is 17.8 Å². The third-order valence-electron chi connectivity index (χ3n) is 0.346. The number of hydrogen-bond acceptors (Lipinski definition) is 4. The molecule has 0 bridgehead atoms. The molecule has 0 heterocycles. The van der Waals surface area contributed by atoms with Gasteiger partial charge in [0.15, 0.2) is 0 Å². The van der Waals surface area contributed by atoms with Gasteiger partial charge in [0.25, 0.3) is 0 Å². The molecule has 0 aliphatic rings. The minimum absolute atomic E-state index is 0. The molecule has 0 aromatic rings. The smallest absolute Gasteiger partial charge is 1.00 e. The Bertz CT molecular complexity index is 201. The van der Waals surface area contributed by atoms with E-state index in [1.165, 1.54) is 0 Å². The van der Waals surface area contributed by atoms with Crippen molar-refractivity contribution >= 4 is 28.3 Å². The number of hydrogen-bond donors (Lipinski definition) is 1. The number of carbonyl (C=O) groups is 1. The molecule has 0 unspecified atom stereocenters. The van der Waals surface area contributed by atoms with Crippen LogP contribution in [0, 0.1) is 0 Å². The van der Waals surface area contributed by atoms with E-state index in [-0.39, 0.29) is 56.7 Å². The van der Waals surface area contributed by atoms with Crippen molar-refractivity contribution in [3.8, 4) is 0 Å². The number of carbonyl (C=O) groups excluding carboxylic acids is 1. The second-order valence-corrected chi connectivity index (χ2v) is 6.85. The molecule has 0 spiro atoms. The molecule has 1 amide bonds. The van der Waals surface area contributed by atoms with E-state index in [2.05, 4.69) is 5.73 Å². The van der Waals surface area contributed by atoms with Crippen LogP contribution in [0.1, 0.15) is 0 Å². The second kappa shape index (κ2) is 6.10. The number of nitrogens with two attached hydrogens (primary N) is 1. The van der Waals surface area contributed by atoms with Crippen molar-refractivity contribution in [2.75, 3.05) is 0 Å². The molecule has 0 aliphatic carbocycles. The molecular formula is C2H4KNO4SSe. The Morgan fingerprint density at radius 1 is 1.60 bits per heavy atom. The van der Waals surface area contributed by atoms with Crippen LogP contribution in [0.2, 0.25) is 5.32 Å². The van der Waals surface area contributed by atoms with Gasteiger partial charge in [0, 0.05) is 0 Å². The number of primary amides is 1. The quantitative estimate of drug-likeness (QED) is 0.404. The zero-order valence-corrected chi connectivity index (χ0v) is 10.9. The summed E-state index contributed by atoms with van der Waals surface area (Å²) in [5.41, 5.74) is 4.57. The second-order valence-electron chi connectivity index (χ2n) is 1.14. The van der Waals surface area contributed by atoms with Crippen molar-refractivity contribution in [3.63, 3.8) is 0 Å². The molecule has 0 rings (SSSR count). The maximum atomic E-state index is 9.88. The first-order chi connectivity index (χ1) is 3.92. The van der Waals surface area contributed by atoms with Gasteiger partial charge in [-0.1, -0.05) is 0 Å². The van der Waals surface area contributed by atoms with Gasteiger partial charge in [-0.2, -0.15) is 0 Å². The summed E-state index contributed by atoms with van der Waals surface area (Å²) in [6.45, 7) is 0. The number of rotatable bonds is 3. The fourth-order valence-corrected chi connectivity index (χ4v) is 2.03. The van der Waals surface area contributed by atoms with E-state index >= 15 is 0 Å². The molecule has 10 heavy (non-hydrogen) atoms. The van der Waals surface area contributed by atoms with Crippen LogP contribution in [0.4, 0.5) is 0 Å². The van der Waals surface area contributed by atoms with Crippen LogP contribution in [0.5, 0.6) is 0 Å². The molecule has 0 aliphatic heterocycles. The Labute approximate surface area is 107 Å². The largest absolute Gasteiger partial charge is 1.00 e. The summed E-state index contributed by atoms with van der Waals surface area (Å²) in [4.78, 5) is 9.88. The van der Waals surface area contributed by atoms with Crippen LogP contribution < -0.4 is 57.1 Å². The molecule has 8 heteroatoms. The van der Waals surface area contributed by atoms with Crippen molar-refractivity contribution in [1.29, 1.82) is 0 Å². The van der Waals surface area contributed by atoms with E-state index in [1.807, 2.05) is 0 Å². The summed E-state index contributed by atoms with van der Waals surface area (Å²) in [5.74, 6) is -0.755. The van der Waals surface area contributed by atoms with Crippen molar-refractivity contribution in [1.82, 2.24) is 0 Å². The molecule has 0 saturated heterocycles. The molecule has 2 N–H and O–H groups in total. The van der Waals surface area contributed by atoms with Gasteiger partial charge in [0.2, 0.25) is 0 Å². The maximum Gasteiger partial charge on any atom is 1.00 e. The van der Waals surface area contributed by atoms with Gasteiger partial charge in [-0.25, -0.2) is 0 Å². The molecule has 0 saturated carbocycles. The van der Waals surface area contributed by atoms with E-state index in [0.29, 0.717) is 0 Å². The van der Waals surface area contributed by atoms with Gasteiger partial charge in [-0.15, -0.1) is 0 Å². The van der Waals surface area contributed by atoms with E-state index < -0.39 is 28.3 Å². The normalized spacial score (nSPS) is 10.1. The first-order valence-corrected chi connectivity index (χ1v) is 6.44. The van der Waals surface area contributed by atoms with Crippen LogP contribution >= 0.6 is 0 Å². The first-order valence-electron chi connectivity index (χ1n) is 1.80. The Hall–Kier alpha value is 1.54. The number of amides is 1. The third kappa shape index (κ3) is 12.2. The van der Waals surface area contributed by atoms with Crippen LogP contribution in [0.3, 0.4) is 0 Å². The zero-order chi connectivity index (χ0) is 7.49. The molecule has 0 atom stereocenters. The fraction of sp³-hybridized carbons (Fsp3) is 0.500. The predicted octanol–water partition coefficient (Wildman–Crippen LogP) is -4.94. The van der Waals surface area contributed by atoms with Gasteiger partial charge >= 0.3 is 108 Å². The van der Waals surface area contributed by atoms with Crippen LogP contribution in [-0.2, 0) is 13.3 Å². The van der Waals surface area contributed by atoms with Crippen molar-refractivity contribution in [2.45, 2.75) is 5.32 Å². The fourth-order valence-electron chi connectivity index (χ4n) is 0.130. The van der Waals surface area contributed by atoms with Gasteiger partial charge < -0.3 is 0 Å². The first kappa shape index (κ1) is 14.1. The average Bonchev–Trinajstić information content (AvgIpc) is 1.59. The minimum Gasteiger partial charge on any atom is 1.00 e. The maximum absolute atomic E-state index is 9.88. The van der Waals surface area contributed by atoms with Gasteiger partial charge in [0.1, 0.15) is 0 Å². The van der Waals surface area contributed by atoms with Crippen molar-refractivity contribution in [2.24, 2.45) is 5.73 Å². The summed E-state index contributed by atoms with van der Waals surface area (Å²) in [6, 6.07) is 0. The van der Waals surface area contributed by atoms with Crippen molar-refractivity contribution < 1.29 is 69.1 Å². The topological polar surface area (TPSA) is 100 Å². The van der Waals surface area contributed by atoms with Gasteiger partial charge in [-0.05, 0) is 0 Å². The van der Waals surface area contributed by atoms with E-state index in [4.69, 9.17) is 0 Å². The van der Waals surface area contributed by atoms with E-state index in [0.717, 1.165) is 0 Å². The summed E-state index contributed by atoms with van der Waals surface area (Å²) in [5, 5.41) is -0.334. The average molecular weight is 256 g/mol. The molecule has 54 valence electrons. The zero-order valence-electron chi connectivity index (χ0n) is 5.23. The van der Waals surface area contributed by atoms with Crippen molar-refractivity contribution in [3.05, 3.63) is 0 Å². The van der Waals surface area contributed by atoms with Gasteiger partial charge in [0.05, 0.1) is 0 Å². The molecule has 0 radical (unpaired) electrons. The summed E-state index contributed by atoms with van der Waals surface area (Å²) < 4.78 is 29.4. The third-order valence-corrected chi connectivity index (χ3v) is 3.91. The summed E-state index contributed by atoms with van der Waals surface area (Å²) in [6.07, 6.45) is 0. The Balaban J connectivity index is 0. The summed E-state index contributed by atoms with van der Waals surface area (Å²) >= 11 is -1.22. The molecular weight excluding hydrogens is 252 g/mol. The standard InChI is InChI=1S/C2H5NO4SSe.K/c3-2(4)1-9-8(5,6)7;/h1H2,(H2,3,4)(H,5,6,7);/q;+1/p-1. The predicted molar refractivity (Wildman–Crippen MR) is 29.5 cm³/mol. The minimum atomic E-state index is -4.21. The monoisotopic (exact) mass is 257 g/mol. The van der Waals surface area contributed by atoms with E-state index in [1.54, 1.807) is 0 Å². The molecule has 5 nitrogen and oxygen atoms in total. The Morgan fingerprint density at radius 2 is 2.00 bits per heavy atom. The molecule has 0 aromatic heterocycles.